The summed E-state index contributed by atoms with van der Waals surface area (Å²) in [5, 5.41) is 12.5. The number of methoxy groups -OCH3 is 1. The summed E-state index contributed by atoms with van der Waals surface area (Å²) < 4.78 is 15.5. The van der Waals surface area contributed by atoms with Crippen molar-refractivity contribution in [3.63, 3.8) is 0 Å². The number of aromatic carboxylic acids is 1. The number of nitrogens with zero attached hydrogens (tertiary/aromatic N) is 1. The molecule has 0 aliphatic rings. The zero-order valence-corrected chi connectivity index (χ0v) is 10.9. The van der Waals surface area contributed by atoms with Crippen LogP contribution < -0.4 is 9.68 Å². The third kappa shape index (κ3) is 1.95. The number of rotatable bonds is 3. The van der Waals surface area contributed by atoms with Crippen LogP contribution in [0.2, 0.25) is 0 Å². The van der Waals surface area contributed by atoms with E-state index in [0.717, 1.165) is 11.3 Å². The van der Waals surface area contributed by atoms with Crippen LogP contribution in [0.25, 0.3) is 21.5 Å². The molecule has 0 fully saturated rings. The summed E-state index contributed by atoms with van der Waals surface area (Å²) in [6, 6.07) is 4.56. The van der Waals surface area contributed by atoms with Crippen LogP contribution >= 0.6 is 11.3 Å². The number of ether oxygens (including phenoxy) is 1. The molecular formula is C12H7NO6S. The summed E-state index contributed by atoms with van der Waals surface area (Å²) in [5.41, 5.74) is 1.26. The quantitative estimate of drug-likeness (QED) is 0.789. The average Bonchev–Trinajstić information content (AvgIpc) is 3.02. The molecule has 2 heterocycles. The molecule has 0 unspecified atom stereocenters. The van der Waals surface area contributed by atoms with Gasteiger partial charge in [0, 0.05) is 11.6 Å². The molecule has 3 aromatic rings. The first kappa shape index (κ1) is 12.4. The fraction of sp³-hybridized carbons (Fsp3) is 0.0833. The molecule has 1 aromatic carbocycles. The molecule has 0 spiro atoms. The third-order valence-corrected chi connectivity index (χ3v) is 3.41. The van der Waals surface area contributed by atoms with Crippen molar-refractivity contribution in [1.29, 1.82) is 0 Å². The van der Waals surface area contributed by atoms with Gasteiger partial charge in [-0.15, -0.1) is 0 Å². The molecule has 0 aliphatic heterocycles. The van der Waals surface area contributed by atoms with Crippen LogP contribution in [0.1, 0.15) is 10.6 Å². The number of carboxylic acids is 1. The number of hydrogen-bond donors (Lipinski definition) is 1. The minimum absolute atomic E-state index is 0.264. The SMILES string of the molecule is COc1cc(-c2cc(C(=O)O)on2)cc2sc(=O)oc12. The van der Waals surface area contributed by atoms with Gasteiger partial charge in [0.25, 0.3) is 0 Å². The summed E-state index contributed by atoms with van der Waals surface area (Å²) in [6.07, 6.45) is 0. The van der Waals surface area contributed by atoms with Gasteiger partial charge < -0.3 is 18.8 Å². The second kappa shape index (κ2) is 4.49. The lowest BCUT2D eigenvalue weighted by Crippen LogP contribution is -1.91. The molecule has 102 valence electrons. The summed E-state index contributed by atoms with van der Waals surface area (Å²) in [7, 11) is 1.45. The first-order valence-corrected chi connectivity index (χ1v) is 6.22. The maximum absolute atomic E-state index is 11.3. The first-order chi connectivity index (χ1) is 9.58. The molecule has 1 N–H and O–H groups in total. The van der Waals surface area contributed by atoms with Crippen molar-refractivity contribution in [2.24, 2.45) is 0 Å². The van der Waals surface area contributed by atoms with Crippen molar-refractivity contribution in [1.82, 2.24) is 5.16 Å². The van der Waals surface area contributed by atoms with Gasteiger partial charge in [0.2, 0.25) is 5.76 Å². The second-order valence-corrected chi connectivity index (χ2v) is 4.82. The lowest BCUT2D eigenvalue weighted by molar-refractivity contribution is 0.0652. The summed E-state index contributed by atoms with van der Waals surface area (Å²) >= 11 is 0.927. The Morgan fingerprint density at radius 2 is 2.20 bits per heavy atom. The van der Waals surface area contributed by atoms with Gasteiger partial charge in [-0.2, -0.15) is 0 Å². The molecule has 0 atom stereocenters. The van der Waals surface area contributed by atoms with E-state index in [2.05, 4.69) is 5.16 Å². The Morgan fingerprint density at radius 3 is 2.85 bits per heavy atom. The van der Waals surface area contributed by atoms with E-state index in [1.54, 1.807) is 12.1 Å². The van der Waals surface area contributed by atoms with Gasteiger partial charge in [0.05, 0.1) is 11.8 Å². The van der Waals surface area contributed by atoms with Crippen LogP contribution in [0, 0.1) is 0 Å². The Kier molecular flexibility index (Phi) is 2.79. The van der Waals surface area contributed by atoms with E-state index in [4.69, 9.17) is 18.8 Å². The molecule has 3 rings (SSSR count). The topological polar surface area (TPSA) is 103 Å². The lowest BCUT2D eigenvalue weighted by Gasteiger charge is -2.02. The fourth-order valence-electron chi connectivity index (χ4n) is 1.76. The Hall–Kier alpha value is -2.61. The van der Waals surface area contributed by atoms with Gasteiger partial charge in [0.15, 0.2) is 11.3 Å². The van der Waals surface area contributed by atoms with Gasteiger partial charge >= 0.3 is 10.9 Å². The van der Waals surface area contributed by atoms with E-state index in [9.17, 15) is 9.59 Å². The van der Waals surface area contributed by atoms with Crippen LogP contribution in [0.3, 0.4) is 0 Å². The molecule has 0 bridgehead atoms. The van der Waals surface area contributed by atoms with Crippen LogP contribution in [-0.4, -0.2) is 23.3 Å². The predicted molar refractivity (Wildman–Crippen MR) is 69.4 cm³/mol. The molecule has 8 heteroatoms. The van der Waals surface area contributed by atoms with Crippen LogP contribution in [0.4, 0.5) is 0 Å². The van der Waals surface area contributed by atoms with E-state index in [0.29, 0.717) is 27.3 Å². The molecule has 0 radical (unpaired) electrons. The number of aromatic nitrogens is 1. The predicted octanol–water partition coefficient (Wildman–Crippen LogP) is 2.22. The summed E-state index contributed by atoms with van der Waals surface area (Å²) in [6.45, 7) is 0. The third-order valence-electron chi connectivity index (χ3n) is 2.64. The van der Waals surface area contributed by atoms with Gasteiger partial charge in [-0.3, -0.25) is 0 Å². The average molecular weight is 293 g/mol. The largest absolute Gasteiger partial charge is 0.493 e. The fourth-order valence-corrected chi connectivity index (χ4v) is 2.48. The van der Waals surface area contributed by atoms with Crippen molar-refractivity contribution in [2.45, 2.75) is 0 Å². The lowest BCUT2D eigenvalue weighted by atomic mass is 10.1. The molecule has 20 heavy (non-hydrogen) atoms. The molecule has 0 saturated heterocycles. The van der Waals surface area contributed by atoms with E-state index >= 15 is 0 Å². The van der Waals surface area contributed by atoms with Crippen molar-refractivity contribution in [2.75, 3.05) is 7.11 Å². The van der Waals surface area contributed by atoms with E-state index in [-0.39, 0.29) is 5.76 Å². The maximum Gasteiger partial charge on any atom is 0.396 e. The Balaban J connectivity index is 2.19. The number of carbonyl (C=O) groups is 1. The highest BCUT2D eigenvalue weighted by molar-refractivity contribution is 7.16. The highest BCUT2D eigenvalue weighted by atomic mass is 32.1. The Bertz CT molecular complexity index is 858. The van der Waals surface area contributed by atoms with E-state index < -0.39 is 10.9 Å². The monoisotopic (exact) mass is 293 g/mol. The molecule has 0 saturated carbocycles. The van der Waals surface area contributed by atoms with Crippen molar-refractivity contribution in [3.05, 3.63) is 33.7 Å². The Morgan fingerprint density at radius 1 is 1.40 bits per heavy atom. The minimum Gasteiger partial charge on any atom is -0.493 e. The summed E-state index contributed by atoms with van der Waals surface area (Å²) in [4.78, 5) is 21.6. The smallest absolute Gasteiger partial charge is 0.396 e. The minimum atomic E-state index is -1.20. The zero-order valence-electron chi connectivity index (χ0n) is 10.1. The van der Waals surface area contributed by atoms with Crippen LogP contribution in [0.5, 0.6) is 5.75 Å². The maximum atomic E-state index is 11.3. The standard InChI is InChI=1S/C12H7NO6S/c1-17-7-2-5(3-9-10(7)18-12(16)20-9)6-4-8(11(14)15)19-13-6/h2-4H,1H3,(H,14,15). The number of fused-ring (bicyclic) bond motifs is 1. The van der Waals surface area contributed by atoms with Gasteiger partial charge in [-0.25, -0.2) is 9.59 Å². The second-order valence-electron chi connectivity index (χ2n) is 3.84. The van der Waals surface area contributed by atoms with E-state index in [1.165, 1.54) is 13.2 Å². The van der Waals surface area contributed by atoms with Gasteiger partial charge in [-0.1, -0.05) is 16.5 Å². The van der Waals surface area contributed by atoms with Gasteiger partial charge in [-0.05, 0) is 12.1 Å². The first-order valence-electron chi connectivity index (χ1n) is 5.40. The van der Waals surface area contributed by atoms with Crippen LogP contribution in [0.15, 0.2) is 31.9 Å². The van der Waals surface area contributed by atoms with E-state index in [1.807, 2.05) is 0 Å². The normalized spacial score (nSPS) is 10.8. The Labute approximate surface area is 115 Å². The molecule has 0 amide bonds. The molecule has 2 aromatic heterocycles. The zero-order chi connectivity index (χ0) is 14.3. The molecule has 0 aliphatic carbocycles. The van der Waals surface area contributed by atoms with Crippen molar-refractivity contribution < 1.29 is 23.6 Å². The molecular weight excluding hydrogens is 286 g/mol. The number of carboxylic acid groups (broad SMARTS) is 1. The number of benzene rings is 1. The van der Waals surface area contributed by atoms with Gasteiger partial charge in [0.1, 0.15) is 5.69 Å². The van der Waals surface area contributed by atoms with Crippen molar-refractivity contribution >= 4 is 27.6 Å². The number of hydrogen-bond acceptors (Lipinski definition) is 7. The van der Waals surface area contributed by atoms with Crippen molar-refractivity contribution in [3.8, 4) is 17.0 Å². The highest BCUT2D eigenvalue weighted by Gasteiger charge is 2.16. The highest BCUT2D eigenvalue weighted by Crippen LogP contribution is 2.33. The summed E-state index contributed by atoms with van der Waals surface area (Å²) in [5.74, 6) is -1.10. The molecule has 7 nitrogen and oxygen atoms in total. The van der Waals surface area contributed by atoms with Crippen LogP contribution in [-0.2, 0) is 0 Å².